The number of rotatable bonds is 2. The lowest BCUT2D eigenvalue weighted by atomic mass is 9.76. The largest absolute Gasteiger partial charge is 0.504 e. The topological polar surface area (TPSA) is 66.5 Å². The van der Waals surface area contributed by atoms with Crippen molar-refractivity contribution in [2.75, 3.05) is 6.54 Å². The number of aromatic hydroxyl groups is 2. The van der Waals surface area contributed by atoms with E-state index in [9.17, 15) is 10.2 Å². The fourth-order valence-electron chi connectivity index (χ4n) is 2.92. The average Bonchev–Trinajstić information content (AvgIpc) is 2.31. The third-order valence-electron chi connectivity index (χ3n) is 3.61. The Morgan fingerprint density at radius 1 is 1.26 bits per heavy atom. The minimum Gasteiger partial charge on any atom is -0.504 e. The summed E-state index contributed by atoms with van der Waals surface area (Å²) >= 11 is 0. The number of phenolic OH excluding ortho intramolecular Hbond substituents is 2. The summed E-state index contributed by atoms with van der Waals surface area (Å²) in [6.07, 6.45) is 4.02. The zero-order valence-electron chi connectivity index (χ0n) is 11.9. The number of allylic oxidation sites excluding steroid dienone is 1. The first-order chi connectivity index (χ1) is 8.81. The zero-order valence-corrected chi connectivity index (χ0v) is 11.9. The van der Waals surface area contributed by atoms with Crippen LogP contribution in [-0.4, -0.2) is 16.8 Å². The molecular formula is C16H23NO2. The second-order valence-corrected chi connectivity index (χ2v) is 6.58. The maximum atomic E-state index is 10.1. The van der Waals surface area contributed by atoms with Gasteiger partial charge in [0.05, 0.1) is 0 Å². The van der Waals surface area contributed by atoms with Crippen molar-refractivity contribution in [1.82, 2.24) is 0 Å². The molecule has 2 rings (SSSR count). The second kappa shape index (κ2) is 4.89. The highest BCUT2D eigenvalue weighted by molar-refractivity contribution is 5.74. The van der Waals surface area contributed by atoms with E-state index in [2.05, 4.69) is 26.8 Å². The molecule has 1 atom stereocenters. The maximum Gasteiger partial charge on any atom is 0.161 e. The summed E-state index contributed by atoms with van der Waals surface area (Å²) in [4.78, 5) is 0. The molecule has 104 valence electrons. The fourth-order valence-corrected chi connectivity index (χ4v) is 2.92. The predicted octanol–water partition coefficient (Wildman–Crippen LogP) is 3.05. The van der Waals surface area contributed by atoms with Gasteiger partial charge in [0.1, 0.15) is 0 Å². The molecule has 0 radical (unpaired) electrons. The van der Waals surface area contributed by atoms with Crippen LogP contribution < -0.4 is 5.73 Å². The van der Waals surface area contributed by atoms with E-state index in [0.717, 1.165) is 29.5 Å². The number of benzene rings is 1. The van der Waals surface area contributed by atoms with E-state index in [-0.39, 0.29) is 16.9 Å². The van der Waals surface area contributed by atoms with Crippen molar-refractivity contribution >= 4 is 5.57 Å². The molecule has 0 heterocycles. The van der Waals surface area contributed by atoms with Crippen molar-refractivity contribution in [2.24, 2.45) is 17.1 Å². The molecule has 1 aliphatic rings. The number of nitrogens with two attached hydrogens (primary N) is 1. The first-order valence-corrected chi connectivity index (χ1v) is 6.77. The van der Waals surface area contributed by atoms with Crippen LogP contribution in [0.25, 0.3) is 5.57 Å². The van der Waals surface area contributed by atoms with E-state index in [1.165, 1.54) is 6.07 Å². The van der Waals surface area contributed by atoms with Gasteiger partial charge in [-0.3, -0.25) is 0 Å². The molecule has 1 unspecified atom stereocenters. The second-order valence-electron chi connectivity index (χ2n) is 6.58. The van der Waals surface area contributed by atoms with Gasteiger partial charge in [-0.05, 0) is 41.4 Å². The van der Waals surface area contributed by atoms with Crippen LogP contribution in [-0.2, 0) is 6.42 Å². The van der Waals surface area contributed by atoms with Crippen LogP contribution in [0.15, 0.2) is 18.2 Å². The van der Waals surface area contributed by atoms with E-state index in [1.54, 1.807) is 0 Å². The van der Waals surface area contributed by atoms with Crippen LogP contribution in [0.4, 0.5) is 0 Å². The van der Waals surface area contributed by atoms with Gasteiger partial charge in [0, 0.05) is 12.1 Å². The van der Waals surface area contributed by atoms with Gasteiger partial charge in [-0.25, -0.2) is 0 Å². The molecule has 19 heavy (non-hydrogen) atoms. The number of fused-ring (bicyclic) bond motifs is 1. The van der Waals surface area contributed by atoms with Crippen molar-refractivity contribution < 1.29 is 10.2 Å². The van der Waals surface area contributed by atoms with Crippen LogP contribution >= 0.6 is 0 Å². The van der Waals surface area contributed by atoms with Gasteiger partial charge in [0.2, 0.25) is 0 Å². The molecule has 1 aromatic rings. The zero-order chi connectivity index (χ0) is 14.2. The minimum absolute atomic E-state index is 0.00968. The number of phenols is 2. The molecule has 0 aliphatic heterocycles. The van der Waals surface area contributed by atoms with Crippen molar-refractivity contribution in [3.8, 4) is 11.5 Å². The summed E-state index contributed by atoms with van der Waals surface area (Å²) in [5, 5.41) is 19.7. The standard InChI is InChI=1S/C16H23NO2/c1-16(2,3)8-10-6-11(9-17)12-4-5-14(18)15(19)13(12)7-10/h4-6,10,18-19H,7-9,17H2,1-3H3. The quantitative estimate of drug-likeness (QED) is 0.717. The average molecular weight is 261 g/mol. The Morgan fingerprint density at radius 3 is 2.53 bits per heavy atom. The summed E-state index contributed by atoms with van der Waals surface area (Å²) in [6, 6.07) is 3.37. The van der Waals surface area contributed by atoms with E-state index in [0.29, 0.717) is 12.5 Å². The van der Waals surface area contributed by atoms with Crippen molar-refractivity contribution in [3.63, 3.8) is 0 Å². The van der Waals surface area contributed by atoms with E-state index in [1.807, 2.05) is 6.07 Å². The lowest BCUT2D eigenvalue weighted by Crippen LogP contribution is -2.19. The van der Waals surface area contributed by atoms with Gasteiger partial charge < -0.3 is 15.9 Å². The Kier molecular flexibility index (Phi) is 3.59. The van der Waals surface area contributed by atoms with Crippen LogP contribution in [0.3, 0.4) is 0 Å². The molecule has 0 spiro atoms. The smallest absolute Gasteiger partial charge is 0.161 e. The normalized spacial score (nSPS) is 18.9. The Bertz CT molecular complexity index is 512. The molecule has 3 heteroatoms. The monoisotopic (exact) mass is 261 g/mol. The molecule has 0 bridgehead atoms. The highest BCUT2D eigenvalue weighted by Crippen LogP contribution is 2.41. The Balaban J connectivity index is 2.41. The van der Waals surface area contributed by atoms with Gasteiger partial charge in [-0.1, -0.05) is 32.9 Å². The third-order valence-corrected chi connectivity index (χ3v) is 3.61. The molecule has 0 aromatic heterocycles. The minimum atomic E-state index is -0.0495. The molecule has 0 amide bonds. The van der Waals surface area contributed by atoms with Gasteiger partial charge in [-0.15, -0.1) is 0 Å². The number of hydrogen-bond donors (Lipinski definition) is 3. The fraction of sp³-hybridized carbons (Fsp3) is 0.500. The first kappa shape index (κ1) is 13.9. The van der Waals surface area contributed by atoms with Crippen LogP contribution in [0, 0.1) is 11.3 Å². The summed E-state index contributed by atoms with van der Waals surface area (Å²) < 4.78 is 0. The third kappa shape index (κ3) is 2.92. The van der Waals surface area contributed by atoms with Crippen LogP contribution in [0.5, 0.6) is 11.5 Å². The van der Waals surface area contributed by atoms with E-state index >= 15 is 0 Å². The summed E-state index contributed by atoms with van der Waals surface area (Å²) in [5.41, 5.74) is 8.91. The highest BCUT2D eigenvalue weighted by Gasteiger charge is 2.26. The molecule has 1 aliphatic carbocycles. The van der Waals surface area contributed by atoms with E-state index in [4.69, 9.17) is 5.73 Å². The molecule has 0 saturated carbocycles. The Labute approximate surface area is 114 Å². The molecular weight excluding hydrogens is 238 g/mol. The van der Waals surface area contributed by atoms with Crippen molar-refractivity contribution in [1.29, 1.82) is 0 Å². The predicted molar refractivity (Wildman–Crippen MR) is 78.1 cm³/mol. The molecule has 0 saturated heterocycles. The Morgan fingerprint density at radius 2 is 1.95 bits per heavy atom. The SMILES string of the molecule is CC(C)(C)CC1C=C(CN)c2ccc(O)c(O)c2C1. The summed E-state index contributed by atoms with van der Waals surface area (Å²) in [5.74, 6) is 0.320. The molecule has 4 N–H and O–H groups in total. The molecule has 1 aromatic carbocycles. The van der Waals surface area contributed by atoms with Crippen molar-refractivity contribution in [3.05, 3.63) is 29.3 Å². The van der Waals surface area contributed by atoms with Crippen molar-refractivity contribution in [2.45, 2.75) is 33.6 Å². The summed E-state index contributed by atoms with van der Waals surface area (Å²) in [6.45, 7) is 7.08. The molecule has 3 nitrogen and oxygen atoms in total. The van der Waals surface area contributed by atoms with Crippen LogP contribution in [0.2, 0.25) is 0 Å². The Hall–Kier alpha value is -1.48. The van der Waals surface area contributed by atoms with E-state index < -0.39 is 0 Å². The summed E-state index contributed by atoms with van der Waals surface area (Å²) in [7, 11) is 0. The van der Waals surface area contributed by atoms with Gasteiger partial charge >= 0.3 is 0 Å². The van der Waals surface area contributed by atoms with Crippen LogP contribution in [0.1, 0.15) is 38.3 Å². The van der Waals surface area contributed by atoms with Gasteiger partial charge in [-0.2, -0.15) is 0 Å². The molecule has 0 fully saturated rings. The lowest BCUT2D eigenvalue weighted by Gasteiger charge is -2.29. The van der Waals surface area contributed by atoms with Gasteiger partial charge in [0.25, 0.3) is 0 Å². The first-order valence-electron chi connectivity index (χ1n) is 6.77. The highest BCUT2D eigenvalue weighted by atomic mass is 16.3. The van der Waals surface area contributed by atoms with Gasteiger partial charge in [0.15, 0.2) is 11.5 Å². The number of hydrogen-bond acceptors (Lipinski definition) is 3. The maximum absolute atomic E-state index is 10.1. The lowest BCUT2D eigenvalue weighted by molar-refractivity contribution is 0.320.